The van der Waals surface area contributed by atoms with Crippen LogP contribution in [0.4, 0.5) is 5.69 Å². The fraction of sp³-hybridized carbons (Fsp3) is 0.500. The molecule has 114 valence electrons. The number of ether oxygens (including phenoxy) is 1. The van der Waals surface area contributed by atoms with E-state index < -0.39 is 5.97 Å². The lowest BCUT2D eigenvalue weighted by Crippen LogP contribution is -2.30. The number of benzene rings is 1. The zero-order valence-corrected chi connectivity index (χ0v) is 12.2. The molecule has 1 fully saturated rings. The predicted molar refractivity (Wildman–Crippen MR) is 79.1 cm³/mol. The van der Waals surface area contributed by atoms with Crippen LogP contribution in [0.2, 0.25) is 0 Å². The normalized spacial score (nSPS) is 17.2. The zero-order chi connectivity index (χ0) is 15.2. The molecule has 5 heteroatoms. The highest BCUT2D eigenvalue weighted by atomic mass is 16.5. The average molecular weight is 291 g/mol. The number of carbonyl (C=O) groups is 2. The van der Waals surface area contributed by atoms with E-state index in [-0.39, 0.29) is 18.2 Å². The highest BCUT2D eigenvalue weighted by Crippen LogP contribution is 2.25. The number of rotatable bonds is 5. The van der Waals surface area contributed by atoms with E-state index in [0.717, 1.165) is 26.1 Å². The van der Waals surface area contributed by atoms with Gasteiger partial charge in [-0.1, -0.05) is 19.1 Å². The number of carboxylic acid groups (broad SMARTS) is 1. The van der Waals surface area contributed by atoms with Crippen molar-refractivity contribution in [1.29, 1.82) is 0 Å². The van der Waals surface area contributed by atoms with Crippen molar-refractivity contribution in [3.05, 3.63) is 29.8 Å². The van der Waals surface area contributed by atoms with Gasteiger partial charge in [0.05, 0.1) is 6.42 Å². The van der Waals surface area contributed by atoms with Crippen LogP contribution in [0.3, 0.4) is 0 Å². The van der Waals surface area contributed by atoms with Gasteiger partial charge in [-0.25, -0.2) is 0 Å². The zero-order valence-electron chi connectivity index (χ0n) is 12.2. The van der Waals surface area contributed by atoms with Crippen LogP contribution in [-0.2, 0) is 20.7 Å². The third-order valence-electron chi connectivity index (χ3n) is 3.94. The fourth-order valence-electron chi connectivity index (χ4n) is 2.62. The predicted octanol–water partition coefficient (Wildman–Crippen LogP) is 2.31. The summed E-state index contributed by atoms with van der Waals surface area (Å²) >= 11 is 0. The Bertz CT molecular complexity index is 509. The molecular formula is C16H21NO4. The SMILES string of the molecule is CC(C(=O)Nc1cccc(CC(=O)O)c1)C1CCOCC1. The van der Waals surface area contributed by atoms with Crippen molar-refractivity contribution in [1.82, 2.24) is 0 Å². The van der Waals surface area contributed by atoms with Crippen molar-refractivity contribution in [3.63, 3.8) is 0 Å². The Morgan fingerprint density at radius 3 is 2.76 bits per heavy atom. The minimum atomic E-state index is -0.881. The molecule has 1 amide bonds. The molecular weight excluding hydrogens is 270 g/mol. The van der Waals surface area contributed by atoms with Crippen LogP contribution in [0.5, 0.6) is 0 Å². The topological polar surface area (TPSA) is 75.6 Å². The lowest BCUT2D eigenvalue weighted by Gasteiger charge is -2.27. The van der Waals surface area contributed by atoms with E-state index in [2.05, 4.69) is 5.32 Å². The number of carbonyl (C=O) groups excluding carboxylic acids is 1. The van der Waals surface area contributed by atoms with Crippen LogP contribution >= 0.6 is 0 Å². The maximum atomic E-state index is 12.3. The van der Waals surface area contributed by atoms with E-state index in [1.807, 2.05) is 6.92 Å². The van der Waals surface area contributed by atoms with Crippen LogP contribution in [0.25, 0.3) is 0 Å². The maximum absolute atomic E-state index is 12.3. The van der Waals surface area contributed by atoms with Gasteiger partial charge in [-0.3, -0.25) is 9.59 Å². The molecule has 1 aromatic rings. The summed E-state index contributed by atoms with van der Waals surface area (Å²) < 4.78 is 5.31. The summed E-state index contributed by atoms with van der Waals surface area (Å²) in [7, 11) is 0. The number of carboxylic acids is 1. The van der Waals surface area contributed by atoms with Crippen LogP contribution in [0, 0.1) is 11.8 Å². The van der Waals surface area contributed by atoms with Crippen LogP contribution in [-0.4, -0.2) is 30.2 Å². The number of hydrogen-bond donors (Lipinski definition) is 2. The third-order valence-corrected chi connectivity index (χ3v) is 3.94. The minimum Gasteiger partial charge on any atom is -0.481 e. The van der Waals surface area contributed by atoms with Crippen molar-refractivity contribution >= 4 is 17.6 Å². The van der Waals surface area contributed by atoms with Gasteiger partial charge in [-0.2, -0.15) is 0 Å². The number of amides is 1. The monoisotopic (exact) mass is 291 g/mol. The van der Waals surface area contributed by atoms with E-state index in [4.69, 9.17) is 9.84 Å². The van der Waals surface area contributed by atoms with E-state index in [1.165, 1.54) is 0 Å². The largest absolute Gasteiger partial charge is 0.481 e. The van der Waals surface area contributed by atoms with Crippen molar-refractivity contribution < 1.29 is 19.4 Å². The van der Waals surface area contributed by atoms with Gasteiger partial charge in [0.2, 0.25) is 5.91 Å². The number of hydrogen-bond acceptors (Lipinski definition) is 3. The quantitative estimate of drug-likeness (QED) is 0.873. The first-order valence-electron chi connectivity index (χ1n) is 7.25. The Morgan fingerprint density at radius 1 is 1.38 bits per heavy atom. The van der Waals surface area contributed by atoms with Crippen LogP contribution < -0.4 is 5.32 Å². The van der Waals surface area contributed by atoms with E-state index in [9.17, 15) is 9.59 Å². The average Bonchev–Trinajstić information content (AvgIpc) is 2.47. The molecule has 0 saturated carbocycles. The Kier molecular flexibility index (Phi) is 5.33. The van der Waals surface area contributed by atoms with E-state index >= 15 is 0 Å². The highest BCUT2D eigenvalue weighted by Gasteiger charge is 2.25. The summed E-state index contributed by atoms with van der Waals surface area (Å²) in [5.74, 6) is -0.624. The minimum absolute atomic E-state index is 0.0191. The molecule has 1 heterocycles. The van der Waals surface area contributed by atoms with Gasteiger partial charge >= 0.3 is 5.97 Å². The van der Waals surface area contributed by atoms with Crippen molar-refractivity contribution in [2.75, 3.05) is 18.5 Å². The number of aliphatic carboxylic acids is 1. The molecule has 1 atom stereocenters. The molecule has 0 aromatic heterocycles. The molecule has 5 nitrogen and oxygen atoms in total. The molecule has 0 spiro atoms. The summed E-state index contributed by atoms with van der Waals surface area (Å²) in [6.07, 6.45) is 1.78. The second-order valence-electron chi connectivity index (χ2n) is 5.50. The Hall–Kier alpha value is -1.88. The van der Waals surface area contributed by atoms with Gasteiger partial charge in [-0.05, 0) is 36.5 Å². The standard InChI is InChI=1S/C16H21NO4/c1-11(13-5-7-21-8-6-13)16(20)17-14-4-2-3-12(9-14)10-15(18)19/h2-4,9,11,13H,5-8,10H2,1H3,(H,17,20)(H,18,19). The Balaban J connectivity index is 1.96. The van der Waals surface area contributed by atoms with Gasteiger partial charge in [0.1, 0.15) is 0 Å². The molecule has 1 aliphatic heterocycles. The summed E-state index contributed by atoms with van der Waals surface area (Å²) in [4.78, 5) is 23.0. The molecule has 21 heavy (non-hydrogen) atoms. The molecule has 1 saturated heterocycles. The smallest absolute Gasteiger partial charge is 0.307 e. The summed E-state index contributed by atoms with van der Waals surface area (Å²) in [6, 6.07) is 6.99. The molecule has 1 unspecified atom stereocenters. The fourth-order valence-corrected chi connectivity index (χ4v) is 2.62. The van der Waals surface area contributed by atoms with E-state index in [0.29, 0.717) is 17.2 Å². The first kappa shape index (κ1) is 15.5. The first-order valence-corrected chi connectivity index (χ1v) is 7.25. The van der Waals surface area contributed by atoms with Crippen molar-refractivity contribution in [2.45, 2.75) is 26.2 Å². The van der Waals surface area contributed by atoms with Gasteiger partial charge in [0.25, 0.3) is 0 Å². The van der Waals surface area contributed by atoms with Crippen molar-refractivity contribution in [2.24, 2.45) is 11.8 Å². The van der Waals surface area contributed by atoms with E-state index in [1.54, 1.807) is 24.3 Å². The Labute approximate surface area is 124 Å². The summed E-state index contributed by atoms with van der Waals surface area (Å²) in [5, 5.41) is 11.7. The number of anilines is 1. The van der Waals surface area contributed by atoms with Crippen LogP contribution in [0.15, 0.2) is 24.3 Å². The number of nitrogens with one attached hydrogen (secondary N) is 1. The second-order valence-corrected chi connectivity index (χ2v) is 5.50. The third kappa shape index (κ3) is 4.56. The maximum Gasteiger partial charge on any atom is 0.307 e. The molecule has 0 aliphatic carbocycles. The molecule has 1 aliphatic rings. The first-order chi connectivity index (χ1) is 10.1. The van der Waals surface area contributed by atoms with Gasteiger partial charge in [0.15, 0.2) is 0 Å². The lowest BCUT2D eigenvalue weighted by molar-refractivity contribution is -0.136. The molecule has 2 rings (SSSR count). The molecule has 2 N–H and O–H groups in total. The molecule has 0 bridgehead atoms. The van der Waals surface area contributed by atoms with Crippen molar-refractivity contribution in [3.8, 4) is 0 Å². The Morgan fingerprint density at radius 2 is 2.10 bits per heavy atom. The molecule has 0 radical (unpaired) electrons. The summed E-state index contributed by atoms with van der Waals surface area (Å²) in [5.41, 5.74) is 1.33. The van der Waals surface area contributed by atoms with Crippen LogP contribution in [0.1, 0.15) is 25.3 Å². The second kappa shape index (κ2) is 7.22. The highest BCUT2D eigenvalue weighted by molar-refractivity contribution is 5.92. The van der Waals surface area contributed by atoms with Gasteiger partial charge in [0, 0.05) is 24.8 Å². The molecule has 1 aromatic carbocycles. The van der Waals surface area contributed by atoms with Gasteiger partial charge < -0.3 is 15.2 Å². The van der Waals surface area contributed by atoms with Gasteiger partial charge in [-0.15, -0.1) is 0 Å². The summed E-state index contributed by atoms with van der Waals surface area (Å²) in [6.45, 7) is 3.37. The lowest BCUT2D eigenvalue weighted by atomic mass is 9.86.